The SMILES string of the molecule is COc1cc(S(=O)(=O)Nc2ccccc2C(=O)NCc2cccnc2)ccc1F. The number of hydrogen-bond donors (Lipinski definition) is 2. The molecule has 0 unspecified atom stereocenters. The number of hydrogen-bond acceptors (Lipinski definition) is 5. The van der Waals surface area contributed by atoms with Gasteiger partial charge in [-0.25, -0.2) is 12.8 Å². The number of benzene rings is 2. The zero-order valence-electron chi connectivity index (χ0n) is 15.4. The molecule has 0 bridgehead atoms. The first kappa shape index (κ1) is 20.3. The van der Waals surface area contributed by atoms with Crippen molar-refractivity contribution in [2.24, 2.45) is 0 Å². The van der Waals surface area contributed by atoms with E-state index >= 15 is 0 Å². The highest BCUT2D eigenvalue weighted by Crippen LogP contribution is 2.24. The standard InChI is InChI=1S/C20H18FN3O4S/c1-28-19-11-15(8-9-17(19)21)29(26,27)24-18-7-3-2-6-16(18)20(25)23-13-14-5-4-10-22-12-14/h2-12,24H,13H2,1H3,(H,23,25). The summed E-state index contributed by atoms with van der Waals surface area (Å²) >= 11 is 0. The summed E-state index contributed by atoms with van der Waals surface area (Å²) < 4.78 is 46.2. The molecular weight excluding hydrogens is 397 g/mol. The average Bonchev–Trinajstić information content (AvgIpc) is 2.73. The van der Waals surface area contributed by atoms with Crippen molar-refractivity contribution in [3.8, 4) is 5.75 Å². The summed E-state index contributed by atoms with van der Waals surface area (Å²) in [7, 11) is -2.83. The summed E-state index contributed by atoms with van der Waals surface area (Å²) in [6.45, 7) is 0.239. The Morgan fingerprint density at radius 3 is 2.66 bits per heavy atom. The zero-order valence-corrected chi connectivity index (χ0v) is 16.2. The highest BCUT2D eigenvalue weighted by atomic mass is 32.2. The number of nitrogens with zero attached hydrogens (tertiary/aromatic N) is 1. The van der Waals surface area contributed by atoms with E-state index in [0.29, 0.717) is 0 Å². The van der Waals surface area contributed by atoms with Crippen molar-refractivity contribution in [3.63, 3.8) is 0 Å². The van der Waals surface area contributed by atoms with Gasteiger partial charge in [-0.15, -0.1) is 0 Å². The van der Waals surface area contributed by atoms with Crippen LogP contribution in [-0.2, 0) is 16.6 Å². The third-order valence-electron chi connectivity index (χ3n) is 4.02. The van der Waals surface area contributed by atoms with E-state index in [2.05, 4.69) is 15.0 Å². The molecule has 3 aromatic rings. The van der Waals surface area contributed by atoms with Gasteiger partial charge in [-0.05, 0) is 35.9 Å². The van der Waals surface area contributed by atoms with Crippen LogP contribution in [0.5, 0.6) is 5.75 Å². The smallest absolute Gasteiger partial charge is 0.262 e. The Labute approximate surface area is 167 Å². The van der Waals surface area contributed by atoms with E-state index < -0.39 is 21.7 Å². The second kappa shape index (κ2) is 8.70. The molecule has 3 rings (SSSR count). The van der Waals surface area contributed by atoms with Crippen LogP contribution >= 0.6 is 0 Å². The molecule has 1 heterocycles. The molecule has 7 nitrogen and oxygen atoms in total. The molecule has 0 saturated carbocycles. The van der Waals surface area contributed by atoms with E-state index in [9.17, 15) is 17.6 Å². The fourth-order valence-electron chi connectivity index (χ4n) is 2.56. The van der Waals surface area contributed by atoms with Crippen molar-refractivity contribution in [1.29, 1.82) is 0 Å². The number of pyridine rings is 1. The van der Waals surface area contributed by atoms with E-state index in [1.165, 1.54) is 19.2 Å². The van der Waals surface area contributed by atoms with Crippen molar-refractivity contribution in [2.75, 3.05) is 11.8 Å². The summed E-state index contributed by atoms with van der Waals surface area (Å²) in [6.07, 6.45) is 3.25. The van der Waals surface area contributed by atoms with Gasteiger partial charge in [0, 0.05) is 25.0 Å². The van der Waals surface area contributed by atoms with Crippen LogP contribution in [0.25, 0.3) is 0 Å². The molecule has 0 atom stereocenters. The van der Waals surface area contributed by atoms with Gasteiger partial charge in [0.15, 0.2) is 11.6 Å². The van der Waals surface area contributed by atoms with Crippen LogP contribution in [0.4, 0.5) is 10.1 Å². The Hall–Kier alpha value is -3.46. The molecule has 1 aromatic heterocycles. The third-order valence-corrected chi connectivity index (χ3v) is 5.39. The van der Waals surface area contributed by atoms with Crippen LogP contribution in [0, 0.1) is 5.82 Å². The van der Waals surface area contributed by atoms with Gasteiger partial charge in [-0.3, -0.25) is 14.5 Å². The summed E-state index contributed by atoms with van der Waals surface area (Å²) in [5.74, 6) is -1.33. The predicted molar refractivity (Wildman–Crippen MR) is 106 cm³/mol. The number of methoxy groups -OCH3 is 1. The topological polar surface area (TPSA) is 97.4 Å². The number of anilines is 1. The Kier molecular flexibility index (Phi) is 6.08. The molecule has 1 amide bonds. The molecule has 0 saturated heterocycles. The molecule has 0 spiro atoms. The monoisotopic (exact) mass is 415 g/mol. The number of carbonyl (C=O) groups is 1. The molecule has 0 radical (unpaired) electrons. The van der Waals surface area contributed by atoms with Gasteiger partial charge in [0.25, 0.3) is 15.9 Å². The van der Waals surface area contributed by atoms with Crippen molar-refractivity contribution in [1.82, 2.24) is 10.3 Å². The molecule has 9 heteroatoms. The second-order valence-electron chi connectivity index (χ2n) is 5.99. The van der Waals surface area contributed by atoms with Gasteiger partial charge < -0.3 is 10.1 Å². The summed E-state index contributed by atoms with van der Waals surface area (Å²) in [6, 6.07) is 12.9. The van der Waals surface area contributed by atoms with Crippen molar-refractivity contribution in [3.05, 3.63) is 83.9 Å². The van der Waals surface area contributed by atoms with E-state index in [1.807, 2.05) is 6.07 Å². The Morgan fingerprint density at radius 2 is 1.93 bits per heavy atom. The summed E-state index contributed by atoms with van der Waals surface area (Å²) in [4.78, 5) is 16.4. The number of halogens is 1. The Morgan fingerprint density at radius 1 is 1.14 bits per heavy atom. The van der Waals surface area contributed by atoms with Gasteiger partial charge in [-0.1, -0.05) is 18.2 Å². The summed E-state index contributed by atoms with van der Waals surface area (Å²) in [5.41, 5.74) is 1.05. The first-order chi connectivity index (χ1) is 13.9. The first-order valence-electron chi connectivity index (χ1n) is 8.53. The Bertz CT molecular complexity index is 1120. The van der Waals surface area contributed by atoms with Crippen LogP contribution in [0.3, 0.4) is 0 Å². The minimum atomic E-state index is -4.07. The first-order valence-corrected chi connectivity index (χ1v) is 10.0. The lowest BCUT2D eigenvalue weighted by Crippen LogP contribution is -2.25. The molecule has 2 aromatic carbocycles. The highest BCUT2D eigenvalue weighted by Gasteiger charge is 2.20. The zero-order chi connectivity index (χ0) is 20.9. The molecule has 0 aliphatic heterocycles. The molecule has 0 fully saturated rings. The number of ether oxygens (including phenoxy) is 1. The molecule has 0 aliphatic carbocycles. The number of carbonyl (C=O) groups excluding carboxylic acids is 1. The van der Waals surface area contributed by atoms with Gasteiger partial charge in [-0.2, -0.15) is 0 Å². The lowest BCUT2D eigenvalue weighted by molar-refractivity contribution is 0.0952. The average molecular weight is 415 g/mol. The van der Waals surface area contributed by atoms with Gasteiger partial charge in [0.05, 0.1) is 23.3 Å². The number of sulfonamides is 1. The van der Waals surface area contributed by atoms with E-state index in [1.54, 1.807) is 30.6 Å². The van der Waals surface area contributed by atoms with Gasteiger partial charge in [0.1, 0.15) is 0 Å². The number of amides is 1. The van der Waals surface area contributed by atoms with E-state index in [4.69, 9.17) is 4.74 Å². The molecule has 150 valence electrons. The summed E-state index contributed by atoms with van der Waals surface area (Å²) in [5, 5.41) is 2.72. The number of para-hydroxylation sites is 1. The van der Waals surface area contributed by atoms with E-state index in [-0.39, 0.29) is 28.4 Å². The van der Waals surface area contributed by atoms with Crippen LogP contribution in [0.15, 0.2) is 71.9 Å². The Balaban J connectivity index is 1.82. The molecular formula is C20H18FN3O4S. The lowest BCUT2D eigenvalue weighted by Gasteiger charge is -2.13. The van der Waals surface area contributed by atoms with E-state index in [0.717, 1.165) is 23.8 Å². The third kappa shape index (κ3) is 4.88. The van der Waals surface area contributed by atoms with Crippen molar-refractivity contribution in [2.45, 2.75) is 11.4 Å². The maximum atomic E-state index is 13.6. The fourth-order valence-corrected chi connectivity index (χ4v) is 3.66. The molecule has 2 N–H and O–H groups in total. The highest BCUT2D eigenvalue weighted by molar-refractivity contribution is 7.92. The number of rotatable bonds is 7. The predicted octanol–water partition coefficient (Wildman–Crippen LogP) is 2.96. The number of nitrogens with one attached hydrogen (secondary N) is 2. The van der Waals surface area contributed by atoms with Crippen LogP contribution in [-0.4, -0.2) is 26.4 Å². The van der Waals surface area contributed by atoms with Crippen molar-refractivity contribution >= 4 is 21.6 Å². The largest absolute Gasteiger partial charge is 0.494 e. The lowest BCUT2D eigenvalue weighted by atomic mass is 10.1. The fraction of sp³-hybridized carbons (Fsp3) is 0.100. The normalized spacial score (nSPS) is 11.0. The minimum Gasteiger partial charge on any atom is -0.494 e. The maximum Gasteiger partial charge on any atom is 0.262 e. The minimum absolute atomic E-state index is 0.0967. The van der Waals surface area contributed by atoms with Gasteiger partial charge in [0.2, 0.25) is 0 Å². The number of aromatic nitrogens is 1. The maximum absolute atomic E-state index is 13.6. The van der Waals surface area contributed by atoms with Crippen LogP contribution in [0.1, 0.15) is 15.9 Å². The van der Waals surface area contributed by atoms with Gasteiger partial charge >= 0.3 is 0 Å². The molecule has 0 aliphatic rings. The van der Waals surface area contributed by atoms with Crippen LogP contribution < -0.4 is 14.8 Å². The van der Waals surface area contributed by atoms with Crippen LogP contribution in [0.2, 0.25) is 0 Å². The quantitative estimate of drug-likeness (QED) is 0.618. The van der Waals surface area contributed by atoms with Crippen molar-refractivity contribution < 1.29 is 22.3 Å². The second-order valence-corrected chi connectivity index (χ2v) is 7.67. The molecule has 29 heavy (non-hydrogen) atoms.